The van der Waals surface area contributed by atoms with Gasteiger partial charge in [-0.05, 0) is 24.6 Å². The van der Waals surface area contributed by atoms with Crippen LogP contribution in [0.5, 0.6) is 5.75 Å². The highest BCUT2D eigenvalue weighted by Gasteiger charge is 2.52. The number of rotatable bonds is 7. The van der Waals surface area contributed by atoms with Crippen molar-refractivity contribution in [3.05, 3.63) is 42.0 Å². The Morgan fingerprint density at radius 1 is 1.25 bits per heavy atom. The first-order valence-electron chi connectivity index (χ1n) is 7.64. The van der Waals surface area contributed by atoms with Gasteiger partial charge in [-0.3, -0.25) is 9.36 Å². The van der Waals surface area contributed by atoms with E-state index in [1.807, 2.05) is 31.2 Å². The Labute approximate surface area is 142 Å². The molecule has 132 valence electrons. The minimum Gasteiger partial charge on any atom is -0.497 e. The highest BCUT2D eigenvalue weighted by molar-refractivity contribution is 7.55. The van der Waals surface area contributed by atoms with Crippen LogP contribution in [0.15, 0.2) is 36.4 Å². The minimum atomic E-state index is -3.52. The van der Waals surface area contributed by atoms with Gasteiger partial charge in [-0.2, -0.15) is 0 Å². The summed E-state index contributed by atoms with van der Waals surface area (Å²) in [6, 6.07) is 7.50. The number of ether oxygens (including phenoxy) is 1. The molecule has 2 atom stereocenters. The molecule has 1 saturated heterocycles. The van der Waals surface area contributed by atoms with Crippen molar-refractivity contribution in [3.8, 4) is 5.75 Å². The molecule has 1 amide bonds. The molecular weight excluding hydrogens is 329 g/mol. The van der Waals surface area contributed by atoms with Crippen LogP contribution in [0.25, 0.3) is 0 Å². The second kappa shape index (κ2) is 7.51. The molecule has 0 unspecified atom stereocenters. The van der Waals surface area contributed by atoms with Crippen molar-refractivity contribution in [2.75, 3.05) is 27.9 Å². The SMILES string of the molecule is C=C(C)[C@H]1CN(Cc2ccc(OC)cc2)C(=O)[C@@H]1P(=O)(OC)OC. The normalized spacial score (nSPS) is 21.2. The lowest BCUT2D eigenvalue weighted by molar-refractivity contribution is -0.128. The summed E-state index contributed by atoms with van der Waals surface area (Å²) in [5.41, 5.74) is 0.915. The Balaban J connectivity index is 2.25. The van der Waals surface area contributed by atoms with Crippen molar-refractivity contribution < 1.29 is 23.1 Å². The number of benzene rings is 1. The van der Waals surface area contributed by atoms with E-state index in [1.54, 1.807) is 12.0 Å². The van der Waals surface area contributed by atoms with Crippen molar-refractivity contribution in [2.24, 2.45) is 5.92 Å². The molecule has 0 spiro atoms. The van der Waals surface area contributed by atoms with Gasteiger partial charge in [-0.25, -0.2) is 0 Å². The third-order valence-corrected chi connectivity index (χ3v) is 6.66. The van der Waals surface area contributed by atoms with Gasteiger partial charge in [0.25, 0.3) is 0 Å². The lowest BCUT2D eigenvalue weighted by Gasteiger charge is -2.23. The highest BCUT2D eigenvalue weighted by atomic mass is 31.2. The number of carbonyl (C=O) groups is 1. The molecule has 1 aliphatic rings. The average molecular weight is 353 g/mol. The molecule has 0 aromatic heterocycles. The largest absolute Gasteiger partial charge is 0.497 e. The molecule has 1 aromatic rings. The fraction of sp³-hybridized carbons (Fsp3) is 0.471. The summed E-state index contributed by atoms with van der Waals surface area (Å²) < 4.78 is 28.1. The smallest absolute Gasteiger partial charge is 0.343 e. The van der Waals surface area contributed by atoms with Crippen LogP contribution in [-0.4, -0.2) is 44.3 Å². The summed E-state index contributed by atoms with van der Waals surface area (Å²) in [5.74, 6) is 0.264. The lowest BCUT2D eigenvalue weighted by atomic mass is 10.0. The van der Waals surface area contributed by atoms with Crippen molar-refractivity contribution in [3.63, 3.8) is 0 Å². The van der Waals surface area contributed by atoms with Crippen LogP contribution in [0.3, 0.4) is 0 Å². The summed E-state index contributed by atoms with van der Waals surface area (Å²) in [6.07, 6.45) is 0. The highest BCUT2D eigenvalue weighted by Crippen LogP contribution is 2.57. The number of carbonyl (C=O) groups excluding carboxylic acids is 1. The number of hydrogen-bond donors (Lipinski definition) is 0. The molecular formula is C17H24NO5P. The summed E-state index contributed by atoms with van der Waals surface area (Å²) >= 11 is 0. The zero-order valence-electron chi connectivity index (χ0n) is 14.5. The molecule has 0 aliphatic carbocycles. The van der Waals surface area contributed by atoms with Gasteiger partial charge in [0.2, 0.25) is 5.91 Å². The first kappa shape index (κ1) is 18.7. The van der Waals surface area contributed by atoms with Crippen molar-refractivity contribution in [2.45, 2.75) is 19.1 Å². The van der Waals surface area contributed by atoms with E-state index < -0.39 is 13.3 Å². The number of hydrogen-bond acceptors (Lipinski definition) is 5. The van der Waals surface area contributed by atoms with Gasteiger partial charge in [0.15, 0.2) is 0 Å². The van der Waals surface area contributed by atoms with Crippen molar-refractivity contribution >= 4 is 13.5 Å². The zero-order chi connectivity index (χ0) is 17.9. The molecule has 0 radical (unpaired) electrons. The van der Waals surface area contributed by atoms with Gasteiger partial charge >= 0.3 is 7.60 Å². The van der Waals surface area contributed by atoms with E-state index in [4.69, 9.17) is 13.8 Å². The first-order valence-corrected chi connectivity index (χ1v) is 9.25. The molecule has 6 nitrogen and oxygen atoms in total. The lowest BCUT2D eigenvalue weighted by Crippen LogP contribution is -2.30. The van der Waals surface area contributed by atoms with Gasteiger partial charge in [-0.1, -0.05) is 24.3 Å². The molecule has 1 fully saturated rings. The molecule has 2 rings (SSSR count). The van der Waals surface area contributed by atoms with E-state index in [-0.39, 0.29) is 11.8 Å². The number of likely N-dealkylation sites (tertiary alicyclic amines) is 1. The van der Waals surface area contributed by atoms with Crippen LogP contribution in [0.4, 0.5) is 0 Å². The Bertz CT molecular complexity index is 649. The zero-order valence-corrected chi connectivity index (χ0v) is 15.4. The van der Waals surface area contributed by atoms with Crippen LogP contribution in [-0.2, 0) is 25.0 Å². The Morgan fingerprint density at radius 3 is 2.29 bits per heavy atom. The standard InChI is InChI=1S/C17H24NO5P/c1-12(2)15-11-18(10-13-6-8-14(21-3)9-7-13)17(19)16(15)24(20,22-4)23-5/h6-9,15-16H,1,10-11H2,2-5H3/t15-,16-/m1/s1. The molecule has 0 N–H and O–H groups in total. The molecule has 24 heavy (non-hydrogen) atoms. The molecule has 1 aliphatic heterocycles. The van der Waals surface area contributed by atoms with Crippen LogP contribution in [0, 0.1) is 5.92 Å². The molecule has 1 aromatic carbocycles. The van der Waals surface area contributed by atoms with Crippen LogP contribution < -0.4 is 4.74 Å². The van der Waals surface area contributed by atoms with E-state index in [9.17, 15) is 9.36 Å². The summed E-state index contributed by atoms with van der Waals surface area (Å²) in [6.45, 7) is 6.64. The number of methoxy groups -OCH3 is 1. The van der Waals surface area contributed by atoms with Gasteiger partial charge < -0.3 is 18.7 Å². The van der Waals surface area contributed by atoms with E-state index in [0.29, 0.717) is 13.1 Å². The predicted octanol–water partition coefficient (Wildman–Crippen LogP) is 3.08. The molecule has 0 saturated carbocycles. The van der Waals surface area contributed by atoms with Gasteiger partial charge in [0, 0.05) is 33.2 Å². The number of nitrogens with zero attached hydrogens (tertiary/aromatic N) is 1. The van der Waals surface area contributed by atoms with Crippen molar-refractivity contribution in [1.29, 1.82) is 0 Å². The summed E-state index contributed by atoms with van der Waals surface area (Å²) in [7, 11) is 0.693. The van der Waals surface area contributed by atoms with E-state index >= 15 is 0 Å². The molecule has 0 bridgehead atoms. The third-order valence-electron chi connectivity index (χ3n) is 4.38. The maximum atomic E-state index is 12.8. The minimum absolute atomic E-state index is 0.231. The fourth-order valence-corrected chi connectivity index (χ4v) is 4.79. The molecule has 7 heteroatoms. The second-order valence-electron chi connectivity index (χ2n) is 5.87. The Kier molecular flexibility index (Phi) is 5.86. The first-order chi connectivity index (χ1) is 11.4. The van der Waals surface area contributed by atoms with Gasteiger partial charge in [0.1, 0.15) is 11.4 Å². The van der Waals surface area contributed by atoms with E-state index in [2.05, 4.69) is 6.58 Å². The average Bonchev–Trinajstić information content (AvgIpc) is 2.92. The monoisotopic (exact) mass is 353 g/mol. The second-order valence-corrected chi connectivity index (χ2v) is 8.24. The maximum Gasteiger partial charge on any atom is 0.343 e. The Morgan fingerprint density at radius 2 is 1.83 bits per heavy atom. The van der Waals surface area contributed by atoms with Crippen LogP contribution in [0.2, 0.25) is 0 Å². The van der Waals surface area contributed by atoms with Gasteiger partial charge in [0.05, 0.1) is 7.11 Å². The predicted molar refractivity (Wildman–Crippen MR) is 92.1 cm³/mol. The van der Waals surface area contributed by atoms with Gasteiger partial charge in [-0.15, -0.1) is 0 Å². The van der Waals surface area contributed by atoms with Crippen molar-refractivity contribution in [1.82, 2.24) is 4.90 Å². The fourth-order valence-electron chi connectivity index (χ4n) is 2.96. The number of amides is 1. The third kappa shape index (κ3) is 3.56. The summed E-state index contributed by atoms with van der Waals surface area (Å²) in [5, 5.41) is 0. The van der Waals surface area contributed by atoms with Crippen LogP contribution in [0.1, 0.15) is 12.5 Å². The van der Waals surface area contributed by atoms with Crippen LogP contribution >= 0.6 is 7.60 Å². The molecule has 1 heterocycles. The summed E-state index contributed by atoms with van der Waals surface area (Å²) in [4.78, 5) is 14.5. The van der Waals surface area contributed by atoms with E-state index in [1.165, 1.54) is 14.2 Å². The quantitative estimate of drug-likeness (QED) is 0.557. The topological polar surface area (TPSA) is 65.1 Å². The Hall–Kier alpha value is -1.62. The maximum absolute atomic E-state index is 12.8. The van der Waals surface area contributed by atoms with E-state index in [0.717, 1.165) is 16.9 Å².